The molecule has 1 aromatic heterocycles. The van der Waals surface area contributed by atoms with E-state index < -0.39 is 5.97 Å². The zero-order valence-electron chi connectivity index (χ0n) is 17.2. The molecule has 1 N–H and O–H groups in total. The van der Waals surface area contributed by atoms with Crippen molar-refractivity contribution in [1.29, 1.82) is 0 Å². The molecule has 1 saturated heterocycles. The molecule has 0 radical (unpaired) electrons. The fraction of sp³-hybridized carbons (Fsp3) is 0.273. The van der Waals surface area contributed by atoms with Gasteiger partial charge in [-0.3, -0.25) is 0 Å². The third kappa shape index (κ3) is 4.56. The van der Waals surface area contributed by atoms with Crippen LogP contribution in [-0.2, 0) is 4.74 Å². The van der Waals surface area contributed by atoms with Crippen LogP contribution < -0.4 is 15.0 Å². The largest absolute Gasteiger partial charge is 0.497 e. The lowest BCUT2D eigenvalue weighted by Crippen LogP contribution is -2.50. The van der Waals surface area contributed by atoms with Crippen LogP contribution in [0.1, 0.15) is 9.67 Å². The first kappa shape index (κ1) is 21.7. The van der Waals surface area contributed by atoms with E-state index >= 15 is 0 Å². The van der Waals surface area contributed by atoms with E-state index in [1.54, 1.807) is 7.11 Å². The highest BCUT2D eigenvalue weighted by atomic mass is 35.5. The quantitative estimate of drug-likeness (QED) is 0.426. The van der Waals surface area contributed by atoms with E-state index in [-0.39, 0.29) is 0 Å². The third-order valence-corrected chi connectivity index (χ3v) is 7.23. The number of thiocarbonyl (C=S) groups is 1. The highest BCUT2D eigenvalue weighted by Gasteiger charge is 2.21. The van der Waals surface area contributed by atoms with E-state index in [9.17, 15) is 4.79 Å². The number of esters is 1. The first-order valence-electron chi connectivity index (χ1n) is 9.75. The number of carbonyl (C=O) groups is 1. The zero-order valence-corrected chi connectivity index (χ0v) is 19.6. The van der Waals surface area contributed by atoms with Crippen molar-refractivity contribution in [3.8, 4) is 5.75 Å². The predicted molar refractivity (Wildman–Crippen MR) is 131 cm³/mol. The van der Waals surface area contributed by atoms with Gasteiger partial charge in [0.1, 0.15) is 10.6 Å². The SMILES string of the molecule is COC(=O)c1sc2cc(NC(=S)N3CCN(c4cccc(OC)c4)CC3)ccc2c1Cl. The molecule has 0 bridgehead atoms. The Balaban J connectivity index is 1.40. The van der Waals surface area contributed by atoms with Gasteiger partial charge in [-0.15, -0.1) is 11.3 Å². The monoisotopic (exact) mass is 475 g/mol. The van der Waals surface area contributed by atoms with Crippen molar-refractivity contribution in [1.82, 2.24) is 4.90 Å². The van der Waals surface area contributed by atoms with Crippen LogP contribution in [0.15, 0.2) is 42.5 Å². The molecule has 0 aliphatic carbocycles. The molecule has 0 saturated carbocycles. The molecular formula is C22H22ClN3O3S2. The fourth-order valence-corrected chi connectivity index (χ4v) is 5.31. The summed E-state index contributed by atoms with van der Waals surface area (Å²) in [6, 6.07) is 13.9. The molecule has 2 aromatic carbocycles. The number of hydrogen-bond acceptors (Lipinski definition) is 6. The summed E-state index contributed by atoms with van der Waals surface area (Å²) < 4.78 is 11.0. The van der Waals surface area contributed by atoms with Crippen LogP contribution in [0.5, 0.6) is 5.75 Å². The van der Waals surface area contributed by atoms with Crippen LogP contribution in [0.3, 0.4) is 0 Å². The maximum absolute atomic E-state index is 11.9. The van der Waals surface area contributed by atoms with Crippen LogP contribution in [0.4, 0.5) is 11.4 Å². The van der Waals surface area contributed by atoms with E-state index in [1.165, 1.54) is 18.4 Å². The lowest BCUT2D eigenvalue weighted by molar-refractivity contribution is 0.0606. The standard InChI is InChI=1S/C22H22ClN3O3S2/c1-28-16-5-3-4-15(13-16)25-8-10-26(11-9-25)22(30)24-14-6-7-17-18(12-14)31-20(19(17)23)21(27)29-2/h3-7,12-13H,8-11H2,1-2H3,(H,24,30). The maximum Gasteiger partial charge on any atom is 0.349 e. The molecule has 0 spiro atoms. The molecule has 0 amide bonds. The van der Waals surface area contributed by atoms with E-state index in [2.05, 4.69) is 27.2 Å². The van der Waals surface area contributed by atoms with Crippen molar-refractivity contribution >= 4 is 67.7 Å². The second kappa shape index (κ2) is 9.30. The highest BCUT2D eigenvalue weighted by molar-refractivity contribution is 7.80. The van der Waals surface area contributed by atoms with Crippen molar-refractivity contribution in [2.75, 3.05) is 50.6 Å². The van der Waals surface area contributed by atoms with Gasteiger partial charge in [-0.1, -0.05) is 17.7 Å². The first-order chi connectivity index (χ1) is 15.0. The van der Waals surface area contributed by atoms with Gasteiger partial charge in [-0.25, -0.2) is 4.79 Å². The Morgan fingerprint density at radius 2 is 1.90 bits per heavy atom. The third-order valence-electron chi connectivity index (χ3n) is 5.24. The van der Waals surface area contributed by atoms with Crippen molar-refractivity contribution in [2.45, 2.75) is 0 Å². The second-order valence-corrected chi connectivity index (χ2v) is 8.87. The van der Waals surface area contributed by atoms with E-state index in [0.29, 0.717) is 15.0 Å². The molecule has 2 heterocycles. The Hall–Kier alpha value is -2.55. The number of methoxy groups -OCH3 is 2. The topological polar surface area (TPSA) is 54.0 Å². The van der Waals surface area contributed by atoms with Gasteiger partial charge in [0.15, 0.2) is 5.11 Å². The van der Waals surface area contributed by atoms with Gasteiger partial charge in [-0.05, 0) is 42.5 Å². The van der Waals surface area contributed by atoms with E-state index in [1.807, 2.05) is 30.3 Å². The Labute approximate surface area is 195 Å². The molecule has 4 rings (SSSR count). The number of carbonyl (C=O) groups excluding carboxylic acids is 1. The molecule has 6 nitrogen and oxygen atoms in total. The first-order valence-corrected chi connectivity index (χ1v) is 11.4. The Bertz CT molecular complexity index is 1130. The minimum atomic E-state index is -0.426. The normalized spacial score (nSPS) is 13.9. The number of anilines is 2. The molecule has 0 unspecified atom stereocenters. The summed E-state index contributed by atoms with van der Waals surface area (Å²) in [7, 11) is 3.03. The lowest BCUT2D eigenvalue weighted by atomic mass is 10.2. The average Bonchev–Trinajstić information content (AvgIpc) is 3.14. The van der Waals surface area contributed by atoms with Gasteiger partial charge >= 0.3 is 5.97 Å². The second-order valence-electron chi connectivity index (χ2n) is 7.05. The summed E-state index contributed by atoms with van der Waals surface area (Å²) in [5.41, 5.74) is 2.02. The van der Waals surface area contributed by atoms with E-state index in [0.717, 1.165) is 53.4 Å². The average molecular weight is 476 g/mol. The van der Waals surface area contributed by atoms with Crippen molar-refractivity contribution < 1.29 is 14.3 Å². The summed E-state index contributed by atoms with van der Waals surface area (Å²) in [6.45, 7) is 3.39. The molecule has 0 atom stereocenters. The molecular weight excluding hydrogens is 454 g/mol. The predicted octanol–water partition coefficient (Wildman–Crippen LogP) is 4.87. The van der Waals surface area contributed by atoms with Crippen LogP contribution in [0.2, 0.25) is 5.02 Å². The Morgan fingerprint density at radius 3 is 2.61 bits per heavy atom. The lowest BCUT2D eigenvalue weighted by Gasteiger charge is -2.37. The smallest absolute Gasteiger partial charge is 0.349 e. The molecule has 1 fully saturated rings. The molecule has 3 aromatic rings. The Kier molecular flexibility index (Phi) is 6.50. The summed E-state index contributed by atoms with van der Waals surface area (Å²) >= 11 is 13.3. The number of hydrogen-bond donors (Lipinski definition) is 1. The fourth-order valence-electron chi connectivity index (χ4n) is 3.54. The number of rotatable bonds is 4. The number of fused-ring (bicyclic) bond motifs is 1. The Morgan fingerprint density at radius 1 is 1.13 bits per heavy atom. The van der Waals surface area contributed by atoms with Gasteiger partial charge in [0, 0.05) is 53.7 Å². The number of halogens is 1. The number of ether oxygens (including phenoxy) is 2. The van der Waals surface area contributed by atoms with Gasteiger partial charge in [0.25, 0.3) is 0 Å². The zero-order chi connectivity index (χ0) is 22.0. The number of piperazine rings is 1. The highest BCUT2D eigenvalue weighted by Crippen LogP contribution is 2.37. The minimum absolute atomic E-state index is 0.410. The number of nitrogens with zero attached hydrogens (tertiary/aromatic N) is 2. The van der Waals surface area contributed by atoms with Crippen LogP contribution in [-0.4, -0.2) is 56.4 Å². The summed E-state index contributed by atoms with van der Waals surface area (Å²) in [5.74, 6) is 0.432. The van der Waals surface area contributed by atoms with Gasteiger partial charge < -0.3 is 24.6 Å². The molecule has 162 valence electrons. The van der Waals surface area contributed by atoms with Crippen LogP contribution in [0.25, 0.3) is 10.1 Å². The number of thiophene rings is 1. The van der Waals surface area contributed by atoms with Gasteiger partial charge in [-0.2, -0.15) is 0 Å². The molecule has 1 aliphatic heterocycles. The molecule has 1 aliphatic rings. The molecule has 31 heavy (non-hydrogen) atoms. The van der Waals surface area contributed by atoms with Crippen LogP contribution in [0, 0.1) is 0 Å². The summed E-state index contributed by atoms with van der Waals surface area (Å²) in [6.07, 6.45) is 0. The number of nitrogens with one attached hydrogen (secondary N) is 1. The van der Waals surface area contributed by atoms with Crippen molar-refractivity contribution in [2.24, 2.45) is 0 Å². The maximum atomic E-state index is 11.9. The van der Waals surface area contributed by atoms with E-state index in [4.69, 9.17) is 33.3 Å². The summed E-state index contributed by atoms with van der Waals surface area (Å²) in [4.78, 5) is 16.8. The van der Waals surface area contributed by atoms with Gasteiger partial charge in [0.05, 0.1) is 19.2 Å². The van der Waals surface area contributed by atoms with Crippen LogP contribution >= 0.6 is 35.2 Å². The molecule has 9 heteroatoms. The van der Waals surface area contributed by atoms with Crippen molar-refractivity contribution in [3.05, 3.63) is 52.4 Å². The van der Waals surface area contributed by atoms with Crippen molar-refractivity contribution in [3.63, 3.8) is 0 Å². The summed E-state index contributed by atoms with van der Waals surface area (Å²) in [5, 5.41) is 5.25. The number of benzene rings is 2. The van der Waals surface area contributed by atoms with Gasteiger partial charge in [0.2, 0.25) is 0 Å². The minimum Gasteiger partial charge on any atom is -0.497 e.